The van der Waals surface area contributed by atoms with Crippen LogP contribution in [0.1, 0.15) is 16.1 Å². The van der Waals surface area contributed by atoms with Crippen LogP contribution in [0.4, 0.5) is 5.69 Å². The molecule has 1 aliphatic rings. The summed E-state index contributed by atoms with van der Waals surface area (Å²) in [5.74, 6) is 0.612. The molecule has 0 bridgehead atoms. The van der Waals surface area contributed by atoms with Crippen LogP contribution in [0, 0.1) is 0 Å². The quantitative estimate of drug-likeness (QED) is 0.330. The number of amides is 1. The van der Waals surface area contributed by atoms with Crippen molar-refractivity contribution in [1.82, 2.24) is 0 Å². The second-order valence-corrected chi connectivity index (χ2v) is 7.80. The van der Waals surface area contributed by atoms with Crippen LogP contribution >= 0.6 is 24.0 Å². The highest BCUT2D eigenvalue weighted by molar-refractivity contribution is 8.27. The van der Waals surface area contributed by atoms with Crippen molar-refractivity contribution < 1.29 is 18.7 Å². The molecule has 0 aliphatic carbocycles. The van der Waals surface area contributed by atoms with E-state index in [1.807, 2.05) is 36.4 Å². The molecule has 2 aromatic carbocycles. The predicted octanol–water partition coefficient (Wildman–Crippen LogP) is 5.14. The number of para-hydroxylation sites is 1. The van der Waals surface area contributed by atoms with Gasteiger partial charge in [0.15, 0.2) is 4.32 Å². The number of hydrogen-bond donors (Lipinski definition) is 0. The van der Waals surface area contributed by atoms with Crippen molar-refractivity contribution in [2.45, 2.75) is 0 Å². The molecule has 3 aromatic rings. The van der Waals surface area contributed by atoms with Gasteiger partial charge in [-0.1, -0.05) is 54.3 Å². The van der Waals surface area contributed by atoms with Crippen molar-refractivity contribution in [2.75, 3.05) is 12.0 Å². The molecule has 0 saturated carbocycles. The second-order valence-electron chi connectivity index (χ2n) is 6.12. The maximum Gasteiger partial charge on any atom is 0.337 e. The number of rotatable bonds is 4. The first-order valence-corrected chi connectivity index (χ1v) is 9.91. The van der Waals surface area contributed by atoms with Crippen LogP contribution in [0.3, 0.4) is 0 Å². The van der Waals surface area contributed by atoms with Crippen molar-refractivity contribution in [3.63, 3.8) is 0 Å². The molecule has 4 rings (SSSR count). The minimum absolute atomic E-state index is 0.174. The van der Waals surface area contributed by atoms with Gasteiger partial charge in [0, 0.05) is 11.6 Å². The standard InChI is InChI=1S/C22H15NO4S2/c1-26-21(25)15-9-7-14(8-10-15)18-12-11-17(27-18)13-19-20(24)23(22(28)29-19)16-5-3-2-4-6-16/h2-13H,1H3/b19-13+. The van der Waals surface area contributed by atoms with Crippen LogP contribution < -0.4 is 4.90 Å². The number of thiocarbonyl (C=S) groups is 1. The Morgan fingerprint density at radius 2 is 1.79 bits per heavy atom. The summed E-state index contributed by atoms with van der Waals surface area (Å²) < 4.78 is 11.0. The Hall–Kier alpha value is -3.16. The summed E-state index contributed by atoms with van der Waals surface area (Å²) in [6.45, 7) is 0. The molecule has 5 nitrogen and oxygen atoms in total. The van der Waals surface area contributed by atoms with Crippen molar-refractivity contribution >= 4 is 51.9 Å². The Morgan fingerprint density at radius 1 is 1.07 bits per heavy atom. The fraction of sp³-hybridized carbons (Fsp3) is 0.0455. The van der Waals surface area contributed by atoms with E-state index in [1.54, 1.807) is 36.4 Å². The fourth-order valence-electron chi connectivity index (χ4n) is 2.87. The van der Waals surface area contributed by atoms with E-state index in [2.05, 4.69) is 0 Å². The predicted molar refractivity (Wildman–Crippen MR) is 118 cm³/mol. The largest absolute Gasteiger partial charge is 0.465 e. The van der Waals surface area contributed by atoms with E-state index in [1.165, 1.54) is 23.8 Å². The van der Waals surface area contributed by atoms with E-state index in [0.29, 0.717) is 26.3 Å². The molecule has 1 saturated heterocycles. The minimum atomic E-state index is -0.392. The minimum Gasteiger partial charge on any atom is -0.465 e. The highest BCUT2D eigenvalue weighted by Crippen LogP contribution is 2.36. The van der Waals surface area contributed by atoms with Gasteiger partial charge in [0.1, 0.15) is 11.5 Å². The Labute approximate surface area is 177 Å². The highest BCUT2D eigenvalue weighted by Gasteiger charge is 2.33. The molecule has 0 spiro atoms. The maximum absolute atomic E-state index is 12.8. The van der Waals surface area contributed by atoms with Gasteiger partial charge in [-0.15, -0.1) is 0 Å². The maximum atomic E-state index is 12.8. The van der Waals surface area contributed by atoms with Gasteiger partial charge in [0.2, 0.25) is 0 Å². The van der Waals surface area contributed by atoms with Crippen molar-refractivity contribution in [3.8, 4) is 11.3 Å². The Balaban J connectivity index is 1.56. The fourth-order valence-corrected chi connectivity index (χ4v) is 4.15. The topological polar surface area (TPSA) is 59.8 Å². The first-order chi connectivity index (χ1) is 14.1. The lowest BCUT2D eigenvalue weighted by Crippen LogP contribution is -2.27. The highest BCUT2D eigenvalue weighted by atomic mass is 32.2. The SMILES string of the molecule is COC(=O)c1ccc(-c2ccc(/C=C3/SC(=S)N(c4ccccc4)C3=O)o2)cc1. The average Bonchev–Trinajstić information content (AvgIpc) is 3.32. The number of hydrogen-bond acceptors (Lipinski definition) is 6. The molecule has 1 aromatic heterocycles. The summed E-state index contributed by atoms with van der Waals surface area (Å²) in [6.07, 6.45) is 1.69. The van der Waals surface area contributed by atoms with Gasteiger partial charge in [-0.2, -0.15) is 0 Å². The van der Waals surface area contributed by atoms with E-state index in [4.69, 9.17) is 21.4 Å². The van der Waals surface area contributed by atoms with E-state index < -0.39 is 5.97 Å². The number of anilines is 1. The first-order valence-electron chi connectivity index (χ1n) is 8.68. The summed E-state index contributed by atoms with van der Waals surface area (Å²) in [5.41, 5.74) is 2.02. The number of nitrogens with zero attached hydrogens (tertiary/aromatic N) is 1. The zero-order valence-electron chi connectivity index (χ0n) is 15.3. The van der Waals surface area contributed by atoms with Crippen LogP contribution in [-0.2, 0) is 9.53 Å². The van der Waals surface area contributed by atoms with Gasteiger partial charge in [0.25, 0.3) is 5.91 Å². The van der Waals surface area contributed by atoms with Crippen LogP contribution in [0.15, 0.2) is 76.1 Å². The normalized spacial score (nSPS) is 15.2. The third-order valence-electron chi connectivity index (χ3n) is 4.30. The van der Waals surface area contributed by atoms with E-state index >= 15 is 0 Å². The van der Waals surface area contributed by atoms with Crippen molar-refractivity contribution in [3.05, 3.63) is 83.0 Å². The molecule has 0 atom stereocenters. The molecule has 0 radical (unpaired) electrons. The monoisotopic (exact) mass is 421 g/mol. The van der Waals surface area contributed by atoms with Crippen LogP contribution in [0.25, 0.3) is 17.4 Å². The van der Waals surface area contributed by atoms with E-state index in [9.17, 15) is 9.59 Å². The smallest absolute Gasteiger partial charge is 0.337 e. The van der Waals surface area contributed by atoms with E-state index in [-0.39, 0.29) is 5.91 Å². The number of thioether (sulfide) groups is 1. The van der Waals surface area contributed by atoms with Gasteiger partial charge in [-0.25, -0.2) is 4.79 Å². The number of carbonyl (C=O) groups is 2. The van der Waals surface area contributed by atoms with Gasteiger partial charge in [-0.05, 0) is 36.4 Å². The molecule has 144 valence electrons. The molecule has 0 unspecified atom stereocenters. The molecule has 29 heavy (non-hydrogen) atoms. The molecular weight excluding hydrogens is 406 g/mol. The van der Waals surface area contributed by atoms with Crippen LogP contribution in [0.5, 0.6) is 0 Å². The molecule has 2 heterocycles. The van der Waals surface area contributed by atoms with Gasteiger partial charge >= 0.3 is 5.97 Å². The summed E-state index contributed by atoms with van der Waals surface area (Å²) in [4.78, 5) is 26.3. The number of ether oxygens (including phenoxy) is 1. The van der Waals surface area contributed by atoms with Crippen LogP contribution in [-0.4, -0.2) is 23.3 Å². The third-order valence-corrected chi connectivity index (χ3v) is 5.60. The molecular formula is C22H15NO4S2. The second kappa shape index (κ2) is 8.06. The number of methoxy groups -OCH3 is 1. The first kappa shape index (κ1) is 19.2. The van der Waals surface area contributed by atoms with Crippen molar-refractivity contribution in [1.29, 1.82) is 0 Å². The van der Waals surface area contributed by atoms with E-state index in [0.717, 1.165) is 11.3 Å². The summed E-state index contributed by atoms with van der Waals surface area (Å²) in [5, 5.41) is 0. The number of furan rings is 1. The summed E-state index contributed by atoms with van der Waals surface area (Å²) in [7, 11) is 1.34. The molecule has 1 amide bonds. The number of carbonyl (C=O) groups excluding carboxylic acids is 2. The zero-order valence-corrected chi connectivity index (χ0v) is 17.0. The number of benzene rings is 2. The molecule has 1 aliphatic heterocycles. The van der Waals surface area contributed by atoms with Gasteiger partial charge in [0.05, 0.1) is 23.3 Å². The lowest BCUT2D eigenvalue weighted by atomic mass is 10.1. The van der Waals surface area contributed by atoms with Gasteiger partial charge in [-0.3, -0.25) is 9.69 Å². The lowest BCUT2D eigenvalue weighted by Gasteiger charge is -2.13. The molecule has 7 heteroatoms. The Kier molecular flexibility index (Phi) is 5.33. The molecule has 1 fully saturated rings. The summed E-state index contributed by atoms with van der Waals surface area (Å²) in [6, 6.07) is 19.8. The van der Waals surface area contributed by atoms with Crippen LogP contribution in [0.2, 0.25) is 0 Å². The third kappa shape index (κ3) is 3.87. The lowest BCUT2D eigenvalue weighted by molar-refractivity contribution is -0.113. The number of esters is 1. The van der Waals surface area contributed by atoms with Crippen molar-refractivity contribution in [2.24, 2.45) is 0 Å². The summed E-state index contributed by atoms with van der Waals surface area (Å²) >= 11 is 6.62. The Morgan fingerprint density at radius 3 is 2.48 bits per heavy atom. The van der Waals surface area contributed by atoms with Gasteiger partial charge < -0.3 is 9.15 Å². The zero-order chi connectivity index (χ0) is 20.4. The average molecular weight is 421 g/mol. The Bertz CT molecular complexity index is 1120. The molecule has 0 N–H and O–H groups in total.